The molecule has 3 heterocycles. The van der Waals surface area contributed by atoms with Gasteiger partial charge in [-0.15, -0.1) is 0 Å². The summed E-state index contributed by atoms with van der Waals surface area (Å²) >= 11 is 0. The quantitative estimate of drug-likeness (QED) is 0.925. The first-order valence-corrected chi connectivity index (χ1v) is 6.97. The largest absolute Gasteiger partial charge is 0.364 e. The van der Waals surface area contributed by atoms with E-state index in [1.54, 1.807) is 12.4 Å². The molecule has 0 unspecified atom stereocenters. The highest BCUT2D eigenvalue weighted by molar-refractivity contribution is 5.90. The van der Waals surface area contributed by atoms with Crippen LogP contribution in [0.25, 0.3) is 0 Å². The number of nitrogens with zero attached hydrogens (tertiary/aromatic N) is 4. The summed E-state index contributed by atoms with van der Waals surface area (Å²) in [6.45, 7) is 2.87. The molecule has 1 fully saturated rings. The number of hydrogen-bond acceptors (Lipinski definition) is 5. The molecule has 0 spiro atoms. The molecule has 0 aromatic carbocycles. The lowest BCUT2D eigenvalue weighted by atomic mass is 10.1. The Kier molecular flexibility index (Phi) is 3.51. The van der Waals surface area contributed by atoms with E-state index >= 15 is 0 Å². The molecule has 0 aliphatic carbocycles. The Morgan fingerprint density at radius 3 is 3.00 bits per heavy atom. The van der Waals surface area contributed by atoms with E-state index in [2.05, 4.69) is 19.9 Å². The molecule has 3 rings (SSSR count). The molecule has 108 valence electrons. The third-order valence-corrected chi connectivity index (χ3v) is 3.70. The third kappa shape index (κ3) is 2.69. The zero-order valence-corrected chi connectivity index (χ0v) is 11.9. The van der Waals surface area contributed by atoms with Crippen LogP contribution in [0.15, 0.2) is 30.6 Å². The van der Waals surface area contributed by atoms with Crippen molar-refractivity contribution in [2.24, 2.45) is 5.73 Å². The first-order valence-electron chi connectivity index (χ1n) is 6.97. The molecular formula is C15H17N5O. The first kappa shape index (κ1) is 13.5. The van der Waals surface area contributed by atoms with Crippen LogP contribution in [-0.2, 0) is 0 Å². The lowest BCUT2D eigenvalue weighted by molar-refractivity contribution is 0.0995. The summed E-state index contributed by atoms with van der Waals surface area (Å²) in [7, 11) is 0. The lowest BCUT2D eigenvalue weighted by Gasteiger charge is -2.25. The van der Waals surface area contributed by atoms with Gasteiger partial charge in [0.2, 0.25) is 0 Å². The maximum atomic E-state index is 11.3. The minimum absolute atomic E-state index is 0.124. The second-order valence-corrected chi connectivity index (χ2v) is 5.18. The van der Waals surface area contributed by atoms with Gasteiger partial charge in [-0.3, -0.25) is 4.79 Å². The zero-order valence-electron chi connectivity index (χ0n) is 11.9. The van der Waals surface area contributed by atoms with Gasteiger partial charge in [0.05, 0.1) is 11.7 Å². The molecule has 21 heavy (non-hydrogen) atoms. The van der Waals surface area contributed by atoms with Crippen molar-refractivity contribution in [1.82, 2.24) is 15.0 Å². The number of carbonyl (C=O) groups excluding carboxylic acids is 1. The summed E-state index contributed by atoms with van der Waals surface area (Å²) in [5.74, 6) is 0.399. The van der Waals surface area contributed by atoms with Crippen LogP contribution in [0.2, 0.25) is 0 Å². The van der Waals surface area contributed by atoms with Crippen LogP contribution in [0.4, 0.5) is 5.82 Å². The molecule has 1 saturated heterocycles. The average molecular weight is 283 g/mol. The lowest BCUT2D eigenvalue weighted by Crippen LogP contribution is -2.25. The van der Waals surface area contributed by atoms with E-state index in [0.717, 1.165) is 36.6 Å². The predicted octanol–water partition coefficient (Wildman–Crippen LogP) is 1.62. The number of amides is 1. The van der Waals surface area contributed by atoms with Gasteiger partial charge in [-0.05, 0) is 31.9 Å². The molecular weight excluding hydrogens is 266 g/mol. The standard InChI is InChI=1S/C15H17N5O/c1-10-8-14(18-9-17-10)20-7-3-6-13(20)11-4-2-5-12(19-11)15(16)21/h2,4-5,8-9,13H,3,6-7H2,1H3,(H2,16,21)/t13-/m1/s1. The van der Waals surface area contributed by atoms with Gasteiger partial charge in [-0.25, -0.2) is 15.0 Å². The molecule has 2 aromatic heterocycles. The van der Waals surface area contributed by atoms with Crippen molar-refractivity contribution in [1.29, 1.82) is 0 Å². The van der Waals surface area contributed by atoms with E-state index in [1.807, 2.05) is 25.1 Å². The molecule has 2 N–H and O–H groups in total. The Morgan fingerprint density at radius 1 is 1.38 bits per heavy atom. The molecule has 1 aliphatic rings. The summed E-state index contributed by atoms with van der Waals surface area (Å²) in [5, 5.41) is 0. The van der Waals surface area contributed by atoms with Crippen molar-refractivity contribution in [2.75, 3.05) is 11.4 Å². The smallest absolute Gasteiger partial charge is 0.267 e. The molecule has 0 radical (unpaired) electrons. The third-order valence-electron chi connectivity index (χ3n) is 3.70. The Morgan fingerprint density at radius 2 is 2.24 bits per heavy atom. The van der Waals surface area contributed by atoms with Crippen LogP contribution < -0.4 is 10.6 Å². The van der Waals surface area contributed by atoms with Gasteiger partial charge in [-0.2, -0.15) is 0 Å². The van der Waals surface area contributed by atoms with Gasteiger partial charge in [0, 0.05) is 18.3 Å². The van der Waals surface area contributed by atoms with Crippen LogP contribution in [0.3, 0.4) is 0 Å². The van der Waals surface area contributed by atoms with E-state index in [9.17, 15) is 4.79 Å². The topological polar surface area (TPSA) is 85.0 Å². The van der Waals surface area contributed by atoms with E-state index < -0.39 is 5.91 Å². The van der Waals surface area contributed by atoms with Crippen LogP contribution in [0, 0.1) is 6.92 Å². The van der Waals surface area contributed by atoms with E-state index in [-0.39, 0.29) is 6.04 Å². The second kappa shape index (κ2) is 5.47. The van der Waals surface area contributed by atoms with E-state index in [0.29, 0.717) is 5.69 Å². The number of carbonyl (C=O) groups is 1. The normalized spacial score (nSPS) is 18.0. The highest BCUT2D eigenvalue weighted by atomic mass is 16.1. The maximum Gasteiger partial charge on any atom is 0.267 e. The SMILES string of the molecule is Cc1cc(N2CCC[C@@H]2c2cccc(C(N)=O)n2)ncn1. The van der Waals surface area contributed by atoms with Crippen molar-refractivity contribution in [3.05, 3.63) is 47.7 Å². The van der Waals surface area contributed by atoms with Crippen molar-refractivity contribution >= 4 is 11.7 Å². The molecule has 2 aromatic rings. The fourth-order valence-electron chi connectivity index (χ4n) is 2.72. The van der Waals surface area contributed by atoms with E-state index in [1.165, 1.54) is 0 Å². The maximum absolute atomic E-state index is 11.3. The Bertz CT molecular complexity index is 673. The van der Waals surface area contributed by atoms with Crippen LogP contribution >= 0.6 is 0 Å². The number of anilines is 1. The highest BCUT2D eigenvalue weighted by Crippen LogP contribution is 2.34. The van der Waals surface area contributed by atoms with Crippen molar-refractivity contribution in [3.63, 3.8) is 0 Å². The second-order valence-electron chi connectivity index (χ2n) is 5.18. The zero-order chi connectivity index (χ0) is 14.8. The van der Waals surface area contributed by atoms with Gasteiger partial charge in [-0.1, -0.05) is 6.07 Å². The van der Waals surface area contributed by atoms with Crippen LogP contribution in [-0.4, -0.2) is 27.4 Å². The van der Waals surface area contributed by atoms with Gasteiger partial charge in [0.1, 0.15) is 17.8 Å². The Balaban J connectivity index is 1.94. The number of rotatable bonds is 3. The number of hydrogen-bond donors (Lipinski definition) is 1. The van der Waals surface area contributed by atoms with Gasteiger partial charge < -0.3 is 10.6 Å². The van der Waals surface area contributed by atoms with Crippen molar-refractivity contribution in [3.8, 4) is 0 Å². The predicted molar refractivity (Wildman–Crippen MR) is 78.8 cm³/mol. The van der Waals surface area contributed by atoms with Crippen LogP contribution in [0.5, 0.6) is 0 Å². The molecule has 6 nitrogen and oxygen atoms in total. The Labute approximate surface area is 123 Å². The first-order chi connectivity index (χ1) is 10.1. The highest BCUT2D eigenvalue weighted by Gasteiger charge is 2.28. The minimum atomic E-state index is -0.501. The number of pyridine rings is 1. The molecule has 1 amide bonds. The Hall–Kier alpha value is -2.50. The van der Waals surface area contributed by atoms with Crippen molar-refractivity contribution < 1.29 is 4.79 Å². The minimum Gasteiger partial charge on any atom is -0.364 e. The number of aromatic nitrogens is 3. The summed E-state index contributed by atoms with van der Waals surface area (Å²) in [6.07, 6.45) is 3.63. The summed E-state index contributed by atoms with van der Waals surface area (Å²) in [4.78, 5) is 26.4. The number of primary amides is 1. The number of nitrogens with two attached hydrogens (primary N) is 1. The monoisotopic (exact) mass is 283 g/mol. The molecule has 6 heteroatoms. The van der Waals surface area contributed by atoms with Gasteiger partial charge in [0.25, 0.3) is 5.91 Å². The molecule has 0 saturated carbocycles. The molecule has 0 bridgehead atoms. The fraction of sp³-hybridized carbons (Fsp3) is 0.333. The summed E-state index contributed by atoms with van der Waals surface area (Å²) in [6, 6.07) is 7.49. The number of aryl methyl sites for hydroxylation is 1. The van der Waals surface area contributed by atoms with Gasteiger partial charge >= 0.3 is 0 Å². The van der Waals surface area contributed by atoms with Crippen molar-refractivity contribution in [2.45, 2.75) is 25.8 Å². The molecule has 1 atom stereocenters. The summed E-state index contributed by atoms with van der Waals surface area (Å²) < 4.78 is 0. The average Bonchev–Trinajstić information content (AvgIpc) is 2.97. The van der Waals surface area contributed by atoms with Crippen LogP contribution in [0.1, 0.15) is 40.8 Å². The summed E-state index contributed by atoms with van der Waals surface area (Å²) in [5.41, 5.74) is 7.41. The molecule has 1 aliphatic heterocycles. The van der Waals surface area contributed by atoms with Gasteiger partial charge in [0.15, 0.2) is 0 Å². The fourth-order valence-corrected chi connectivity index (χ4v) is 2.72. The van der Waals surface area contributed by atoms with E-state index in [4.69, 9.17) is 5.73 Å².